The molecule has 0 saturated heterocycles. The van der Waals surface area contributed by atoms with E-state index in [1.807, 2.05) is 0 Å². The highest BCUT2D eigenvalue weighted by Gasteiger charge is 2.38. The fraction of sp³-hybridized carbons (Fsp3) is 0.333. The summed E-state index contributed by atoms with van der Waals surface area (Å²) in [6.45, 7) is 0.691. The summed E-state index contributed by atoms with van der Waals surface area (Å²) in [7, 11) is -2.61. The highest BCUT2D eigenvalue weighted by atomic mass is 32.2. The van der Waals surface area contributed by atoms with Crippen LogP contribution >= 0.6 is 0 Å². The first-order valence-electron chi connectivity index (χ1n) is 8.50. The molecule has 1 aliphatic heterocycles. The van der Waals surface area contributed by atoms with Crippen molar-refractivity contribution in [1.82, 2.24) is 9.29 Å². The molecule has 154 valence electrons. The quantitative estimate of drug-likeness (QED) is 0.784. The fourth-order valence-electron chi connectivity index (χ4n) is 3.37. The van der Waals surface area contributed by atoms with Crippen molar-refractivity contribution >= 4 is 21.6 Å². The highest BCUT2D eigenvalue weighted by Crippen LogP contribution is 2.32. The number of nitrogens with zero attached hydrogens (tertiary/aromatic N) is 2. The number of anilines is 1. The largest absolute Gasteiger partial charge is 0.345 e. The van der Waals surface area contributed by atoms with Gasteiger partial charge in [0.1, 0.15) is 22.5 Å². The number of aryl methyl sites for hydroxylation is 1. The monoisotopic (exact) mass is 426 g/mol. The molecule has 1 amide bonds. The first kappa shape index (κ1) is 20.9. The number of carbonyl (C=O) groups is 1. The second-order valence-electron chi connectivity index (χ2n) is 6.99. The number of carbonyl (C=O) groups excluding carboxylic acids is 1. The van der Waals surface area contributed by atoms with E-state index in [0.717, 1.165) is 12.1 Å². The molecule has 2 heterocycles. The first-order valence-corrected chi connectivity index (χ1v) is 9.99. The molecule has 0 aliphatic carbocycles. The van der Waals surface area contributed by atoms with E-state index < -0.39 is 40.1 Å². The summed E-state index contributed by atoms with van der Waals surface area (Å²) < 4.78 is 68.7. The minimum atomic E-state index is -4.06. The maximum atomic E-state index is 13.5. The van der Waals surface area contributed by atoms with Crippen molar-refractivity contribution in [1.29, 1.82) is 5.26 Å². The Kier molecular flexibility index (Phi) is 5.19. The van der Waals surface area contributed by atoms with E-state index in [1.54, 1.807) is 6.07 Å². The lowest BCUT2D eigenvalue weighted by atomic mass is 10.0. The predicted octanol–water partition coefficient (Wildman–Crippen LogP) is 2.54. The molecule has 0 bridgehead atoms. The fourth-order valence-corrected chi connectivity index (χ4v) is 4.90. The van der Waals surface area contributed by atoms with Gasteiger partial charge in [-0.25, -0.2) is 26.3 Å². The van der Waals surface area contributed by atoms with Gasteiger partial charge in [-0.1, -0.05) is 0 Å². The lowest BCUT2D eigenvalue weighted by Crippen LogP contribution is -2.43. The number of sulfonamides is 1. The summed E-state index contributed by atoms with van der Waals surface area (Å²) in [4.78, 5) is 12.6. The van der Waals surface area contributed by atoms with Crippen LogP contribution in [0, 0.1) is 17.1 Å². The number of hydrogen-bond donors (Lipinski definition) is 2. The van der Waals surface area contributed by atoms with E-state index in [0.29, 0.717) is 6.92 Å². The van der Waals surface area contributed by atoms with Gasteiger partial charge >= 0.3 is 0 Å². The third-order valence-electron chi connectivity index (χ3n) is 4.47. The number of benzene rings is 1. The van der Waals surface area contributed by atoms with Gasteiger partial charge in [-0.2, -0.15) is 5.26 Å². The molecule has 1 aromatic carbocycles. The van der Waals surface area contributed by atoms with E-state index in [1.165, 1.54) is 23.9 Å². The van der Waals surface area contributed by atoms with Crippen molar-refractivity contribution in [3.8, 4) is 6.07 Å². The average molecular weight is 426 g/mol. The zero-order valence-electron chi connectivity index (χ0n) is 15.5. The Hall–Kier alpha value is -2.84. The molecule has 1 aromatic heterocycles. The van der Waals surface area contributed by atoms with Gasteiger partial charge in [0.05, 0.1) is 5.56 Å². The number of amides is 1. The number of alkyl halides is 2. The molecule has 2 aromatic rings. The zero-order valence-corrected chi connectivity index (χ0v) is 16.3. The number of fused-ring (bicyclic) bond motifs is 1. The van der Waals surface area contributed by atoms with Crippen molar-refractivity contribution in [3.63, 3.8) is 0 Å². The Balaban J connectivity index is 1.97. The molecule has 29 heavy (non-hydrogen) atoms. The standard InChI is InChI=1S/C18H17F3N4O3S/c1-18(20,21)7-12-6-13-15(29(27,28)24-12)9-25(2)16(13)17(26)23-11-3-4-14(19)10(5-11)8-22/h3-5,9,12,24H,6-7H2,1-2H3,(H,23,26). The lowest BCUT2D eigenvalue weighted by molar-refractivity contribution is 0.00470. The van der Waals surface area contributed by atoms with Crippen molar-refractivity contribution in [3.05, 3.63) is 47.0 Å². The summed E-state index contributed by atoms with van der Waals surface area (Å²) in [5, 5.41) is 11.4. The smallest absolute Gasteiger partial charge is 0.272 e. The van der Waals surface area contributed by atoms with Crippen LogP contribution in [0.5, 0.6) is 0 Å². The van der Waals surface area contributed by atoms with Crippen LogP contribution in [-0.2, 0) is 23.5 Å². The Morgan fingerprint density at radius 3 is 2.76 bits per heavy atom. The van der Waals surface area contributed by atoms with E-state index in [-0.39, 0.29) is 33.8 Å². The molecule has 0 radical (unpaired) electrons. The normalized spacial score (nSPS) is 18.0. The SMILES string of the molecule is Cn1cc2c(c1C(=O)Nc1ccc(F)c(C#N)c1)CC(CC(C)(F)F)NS2(=O)=O. The Morgan fingerprint density at radius 2 is 2.14 bits per heavy atom. The Bertz CT molecular complexity index is 1130. The van der Waals surface area contributed by atoms with Crippen LogP contribution in [0.1, 0.15) is 35.0 Å². The second kappa shape index (κ2) is 7.20. The molecule has 2 N–H and O–H groups in total. The lowest BCUT2D eigenvalue weighted by Gasteiger charge is -2.26. The molecule has 11 heteroatoms. The van der Waals surface area contributed by atoms with Crippen LogP contribution in [0.4, 0.5) is 18.9 Å². The topological polar surface area (TPSA) is 104 Å². The third kappa shape index (κ3) is 4.28. The van der Waals surface area contributed by atoms with Crippen LogP contribution in [0.15, 0.2) is 29.3 Å². The van der Waals surface area contributed by atoms with Crippen LogP contribution in [-0.4, -0.2) is 30.9 Å². The van der Waals surface area contributed by atoms with E-state index in [2.05, 4.69) is 10.0 Å². The molecule has 1 atom stereocenters. The summed E-state index contributed by atoms with van der Waals surface area (Å²) in [5.74, 6) is -4.55. The first-order chi connectivity index (χ1) is 13.4. The molecule has 1 unspecified atom stereocenters. The third-order valence-corrected chi connectivity index (χ3v) is 6.05. The van der Waals surface area contributed by atoms with Gasteiger partial charge in [-0.3, -0.25) is 4.79 Å². The molecular formula is C18H17F3N4O3S. The van der Waals surface area contributed by atoms with Gasteiger partial charge < -0.3 is 9.88 Å². The number of rotatable bonds is 4. The molecule has 0 spiro atoms. The Morgan fingerprint density at radius 1 is 1.45 bits per heavy atom. The van der Waals surface area contributed by atoms with Gasteiger partial charge in [-0.05, 0) is 31.5 Å². The van der Waals surface area contributed by atoms with E-state index in [9.17, 15) is 26.4 Å². The number of halogens is 3. The van der Waals surface area contributed by atoms with Crippen molar-refractivity contribution in [2.75, 3.05) is 5.32 Å². The maximum absolute atomic E-state index is 13.5. The highest BCUT2D eigenvalue weighted by molar-refractivity contribution is 7.89. The van der Waals surface area contributed by atoms with Gasteiger partial charge in [0.15, 0.2) is 0 Å². The number of hydrogen-bond acceptors (Lipinski definition) is 4. The van der Waals surface area contributed by atoms with Crippen LogP contribution in [0.25, 0.3) is 0 Å². The number of aromatic nitrogens is 1. The summed E-state index contributed by atoms with van der Waals surface area (Å²) in [6.07, 6.45) is 0.428. The minimum Gasteiger partial charge on any atom is -0.345 e. The van der Waals surface area contributed by atoms with Gasteiger partial charge in [0, 0.05) is 37.0 Å². The molecular weight excluding hydrogens is 409 g/mol. The molecule has 3 rings (SSSR count). The number of nitriles is 1. The van der Waals surface area contributed by atoms with Crippen molar-refractivity contribution in [2.24, 2.45) is 7.05 Å². The van der Waals surface area contributed by atoms with E-state index >= 15 is 0 Å². The van der Waals surface area contributed by atoms with Gasteiger partial charge in [0.2, 0.25) is 15.9 Å². The summed E-state index contributed by atoms with van der Waals surface area (Å²) in [6, 6.07) is 3.99. The van der Waals surface area contributed by atoms with Crippen molar-refractivity contribution < 1.29 is 26.4 Å². The van der Waals surface area contributed by atoms with Gasteiger partial charge in [0.25, 0.3) is 5.91 Å². The van der Waals surface area contributed by atoms with Crippen LogP contribution in [0.3, 0.4) is 0 Å². The minimum absolute atomic E-state index is 0.0164. The van der Waals surface area contributed by atoms with Gasteiger partial charge in [-0.15, -0.1) is 0 Å². The maximum Gasteiger partial charge on any atom is 0.272 e. The Labute approximate surface area is 165 Å². The van der Waals surface area contributed by atoms with Crippen LogP contribution < -0.4 is 10.0 Å². The summed E-state index contributed by atoms with van der Waals surface area (Å²) in [5.41, 5.74) is -0.0250. The molecule has 0 fully saturated rings. The molecule has 7 nitrogen and oxygen atoms in total. The second-order valence-corrected chi connectivity index (χ2v) is 8.67. The molecule has 0 saturated carbocycles. The van der Waals surface area contributed by atoms with Crippen LogP contribution in [0.2, 0.25) is 0 Å². The average Bonchev–Trinajstić information content (AvgIpc) is 2.91. The number of nitrogens with one attached hydrogen (secondary N) is 2. The summed E-state index contributed by atoms with van der Waals surface area (Å²) >= 11 is 0. The van der Waals surface area contributed by atoms with E-state index in [4.69, 9.17) is 5.26 Å². The molecule has 1 aliphatic rings. The predicted molar refractivity (Wildman–Crippen MR) is 97.5 cm³/mol. The zero-order chi connectivity index (χ0) is 21.6. The van der Waals surface area contributed by atoms with Crippen molar-refractivity contribution in [2.45, 2.75) is 36.6 Å².